The van der Waals surface area contributed by atoms with Crippen molar-refractivity contribution < 1.29 is 14.3 Å². The standard InChI is InChI=1S/C19H20ClNO3S/c1-12-5-4-6-13(2)18(12)21-19(23)14(3)24-17(22)11-25-16-9-7-15(20)8-10-16/h4-10,14H,11H2,1-3H3,(H,21,23). The largest absolute Gasteiger partial charge is 0.452 e. The van der Waals surface area contributed by atoms with Crippen LogP contribution in [0.1, 0.15) is 18.1 Å². The zero-order chi connectivity index (χ0) is 18.4. The van der Waals surface area contributed by atoms with E-state index in [2.05, 4.69) is 5.32 Å². The Hall–Kier alpha value is -1.98. The molecule has 0 radical (unpaired) electrons. The van der Waals surface area contributed by atoms with Crippen molar-refractivity contribution in [3.8, 4) is 0 Å². The quantitative estimate of drug-likeness (QED) is 0.589. The highest BCUT2D eigenvalue weighted by atomic mass is 35.5. The fourth-order valence-electron chi connectivity index (χ4n) is 2.19. The number of hydrogen-bond donors (Lipinski definition) is 1. The fourth-order valence-corrected chi connectivity index (χ4v) is 3.00. The van der Waals surface area contributed by atoms with Crippen molar-refractivity contribution in [1.82, 2.24) is 0 Å². The van der Waals surface area contributed by atoms with Gasteiger partial charge in [-0.3, -0.25) is 9.59 Å². The number of benzene rings is 2. The van der Waals surface area contributed by atoms with Crippen molar-refractivity contribution in [2.75, 3.05) is 11.1 Å². The van der Waals surface area contributed by atoms with Crippen LogP contribution < -0.4 is 5.32 Å². The number of rotatable bonds is 6. The summed E-state index contributed by atoms with van der Waals surface area (Å²) in [6, 6.07) is 12.9. The molecule has 2 aromatic carbocycles. The van der Waals surface area contributed by atoms with Gasteiger partial charge in [0.1, 0.15) is 0 Å². The van der Waals surface area contributed by atoms with E-state index < -0.39 is 12.1 Å². The number of para-hydroxylation sites is 1. The number of aryl methyl sites for hydroxylation is 2. The molecule has 0 fully saturated rings. The Labute approximate surface area is 156 Å². The van der Waals surface area contributed by atoms with Crippen LogP contribution >= 0.6 is 23.4 Å². The summed E-state index contributed by atoms with van der Waals surface area (Å²) in [5.41, 5.74) is 2.68. The van der Waals surface area contributed by atoms with Crippen LogP contribution in [0.2, 0.25) is 5.02 Å². The summed E-state index contributed by atoms with van der Waals surface area (Å²) in [7, 11) is 0. The fraction of sp³-hybridized carbons (Fsp3) is 0.263. The first-order valence-corrected chi connectivity index (χ1v) is 9.18. The maximum absolute atomic E-state index is 12.3. The van der Waals surface area contributed by atoms with Crippen LogP contribution in [0.5, 0.6) is 0 Å². The Morgan fingerprint density at radius 2 is 1.72 bits per heavy atom. The average Bonchev–Trinajstić information content (AvgIpc) is 2.57. The zero-order valence-corrected chi connectivity index (χ0v) is 15.9. The lowest BCUT2D eigenvalue weighted by Gasteiger charge is -2.16. The summed E-state index contributed by atoms with van der Waals surface area (Å²) in [6.07, 6.45) is -0.864. The predicted molar refractivity (Wildman–Crippen MR) is 102 cm³/mol. The van der Waals surface area contributed by atoms with Crippen molar-refractivity contribution >= 4 is 40.9 Å². The van der Waals surface area contributed by atoms with Gasteiger partial charge in [-0.05, 0) is 56.2 Å². The normalized spacial score (nSPS) is 11.7. The van der Waals surface area contributed by atoms with E-state index in [0.717, 1.165) is 21.7 Å². The number of anilines is 1. The van der Waals surface area contributed by atoms with Gasteiger partial charge in [0, 0.05) is 15.6 Å². The molecule has 1 atom stereocenters. The van der Waals surface area contributed by atoms with E-state index in [9.17, 15) is 9.59 Å². The predicted octanol–water partition coefficient (Wildman–Crippen LogP) is 4.62. The Morgan fingerprint density at radius 1 is 1.12 bits per heavy atom. The number of ether oxygens (including phenoxy) is 1. The molecule has 25 heavy (non-hydrogen) atoms. The Morgan fingerprint density at radius 3 is 2.32 bits per heavy atom. The van der Waals surface area contributed by atoms with E-state index in [0.29, 0.717) is 5.02 Å². The topological polar surface area (TPSA) is 55.4 Å². The monoisotopic (exact) mass is 377 g/mol. The first kappa shape index (κ1) is 19.3. The molecule has 1 N–H and O–H groups in total. The number of amides is 1. The van der Waals surface area contributed by atoms with Gasteiger partial charge >= 0.3 is 5.97 Å². The van der Waals surface area contributed by atoms with Crippen molar-refractivity contribution in [2.24, 2.45) is 0 Å². The maximum atomic E-state index is 12.3. The number of carbonyl (C=O) groups excluding carboxylic acids is 2. The highest BCUT2D eigenvalue weighted by Crippen LogP contribution is 2.21. The molecule has 0 aliphatic rings. The Bertz CT molecular complexity index is 742. The van der Waals surface area contributed by atoms with Crippen molar-refractivity contribution in [3.63, 3.8) is 0 Å². The second-order valence-electron chi connectivity index (χ2n) is 5.63. The SMILES string of the molecule is Cc1cccc(C)c1NC(=O)C(C)OC(=O)CSc1ccc(Cl)cc1. The minimum Gasteiger partial charge on any atom is -0.452 e. The van der Waals surface area contributed by atoms with Gasteiger partial charge in [-0.2, -0.15) is 0 Å². The van der Waals surface area contributed by atoms with E-state index in [-0.39, 0.29) is 11.7 Å². The second-order valence-corrected chi connectivity index (χ2v) is 7.12. The molecule has 0 heterocycles. The highest BCUT2D eigenvalue weighted by molar-refractivity contribution is 8.00. The molecule has 0 bridgehead atoms. The first-order valence-electron chi connectivity index (χ1n) is 7.81. The van der Waals surface area contributed by atoms with Crippen LogP contribution in [0, 0.1) is 13.8 Å². The minimum absolute atomic E-state index is 0.128. The molecule has 1 unspecified atom stereocenters. The molecule has 4 nitrogen and oxygen atoms in total. The lowest BCUT2D eigenvalue weighted by molar-refractivity contribution is -0.150. The smallest absolute Gasteiger partial charge is 0.317 e. The Balaban J connectivity index is 1.85. The molecule has 0 spiro atoms. The molecule has 0 aliphatic heterocycles. The molecular formula is C19H20ClNO3S. The molecule has 6 heteroatoms. The molecule has 0 saturated heterocycles. The summed E-state index contributed by atoms with van der Waals surface area (Å²) in [4.78, 5) is 25.1. The van der Waals surface area contributed by atoms with Gasteiger partial charge in [0.15, 0.2) is 6.10 Å². The van der Waals surface area contributed by atoms with Gasteiger partial charge in [-0.1, -0.05) is 29.8 Å². The van der Waals surface area contributed by atoms with E-state index in [1.807, 2.05) is 44.2 Å². The van der Waals surface area contributed by atoms with E-state index >= 15 is 0 Å². The van der Waals surface area contributed by atoms with Crippen LogP contribution in [-0.2, 0) is 14.3 Å². The second kappa shape index (κ2) is 8.92. The van der Waals surface area contributed by atoms with Crippen LogP contribution in [0.3, 0.4) is 0 Å². The number of thioether (sulfide) groups is 1. The number of halogens is 1. The van der Waals surface area contributed by atoms with Gasteiger partial charge in [0.2, 0.25) is 0 Å². The molecule has 132 valence electrons. The first-order chi connectivity index (χ1) is 11.9. The van der Waals surface area contributed by atoms with Gasteiger partial charge in [0.25, 0.3) is 5.91 Å². The van der Waals surface area contributed by atoms with Crippen LogP contribution in [0.25, 0.3) is 0 Å². The molecule has 1 amide bonds. The van der Waals surface area contributed by atoms with Gasteiger partial charge in [-0.15, -0.1) is 11.8 Å². The minimum atomic E-state index is -0.864. The third-order valence-corrected chi connectivity index (χ3v) is 4.81. The van der Waals surface area contributed by atoms with Crippen LogP contribution in [0.15, 0.2) is 47.4 Å². The summed E-state index contributed by atoms with van der Waals surface area (Å²) >= 11 is 7.16. The molecule has 2 rings (SSSR count). The third kappa shape index (κ3) is 5.80. The third-order valence-electron chi connectivity index (χ3n) is 3.58. The van der Waals surface area contributed by atoms with Crippen molar-refractivity contribution in [3.05, 3.63) is 58.6 Å². The van der Waals surface area contributed by atoms with Gasteiger partial charge in [0.05, 0.1) is 5.75 Å². The van der Waals surface area contributed by atoms with Crippen molar-refractivity contribution in [1.29, 1.82) is 0 Å². The van der Waals surface area contributed by atoms with E-state index in [4.69, 9.17) is 16.3 Å². The highest BCUT2D eigenvalue weighted by Gasteiger charge is 2.19. The van der Waals surface area contributed by atoms with Crippen LogP contribution in [-0.4, -0.2) is 23.7 Å². The number of hydrogen-bond acceptors (Lipinski definition) is 4. The lowest BCUT2D eigenvalue weighted by atomic mass is 10.1. The summed E-state index contributed by atoms with van der Waals surface area (Å²) in [6.45, 7) is 5.40. The van der Waals surface area contributed by atoms with Crippen molar-refractivity contribution in [2.45, 2.75) is 31.8 Å². The van der Waals surface area contributed by atoms with Crippen LogP contribution in [0.4, 0.5) is 5.69 Å². The lowest BCUT2D eigenvalue weighted by Crippen LogP contribution is -2.31. The molecular weight excluding hydrogens is 358 g/mol. The van der Waals surface area contributed by atoms with E-state index in [1.54, 1.807) is 19.1 Å². The Kier molecular flexibility index (Phi) is 6.91. The molecule has 0 saturated carbocycles. The van der Waals surface area contributed by atoms with Gasteiger partial charge < -0.3 is 10.1 Å². The average molecular weight is 378 g/mol. The zero-order valence-electron chi connectivity index (χ0n) is 14.3. The number of nitrogens with one attached hydrogen (secondary N) is 1. The summed E-state index contributed by atoms with van der Waals surface area (Å²) < 4.78 is 5.21. The molecule has 2 aromatic rings. The summed E-state index contributed by atoms with van der Waals surface area (Å²) in [5, 5.41) is 3.47. The number of carbonyl (C=O) groups is 2. The summed E-state index contributed by atoms with van der Waals surface area (Å²) in [5.74, 6) is -0.658. The maximum Gasteiger partial charge on any atom is 0.317 e. The van der Waals surface area contributed by atoms with E-state index in [1.165, 1.54) is 11.8 Å². The molecule has 0 aliphatic carbocycles. The number of esters is 1. The van der Waals surface area contributed by atoms with Gasteiger partial charge in [-0.25, -0.2) is 0 Å². The molecule has 0 aromatic heterocycles.